The SMILES string of the molecule is CN=C(NCCc1ccc2c(c1)OCO2)NCCc1nc(C(C)C)no1. The highest BCUT2D eigenvalue weighted by Gasteiger charge is 2.13. The van der Waals surface area contributed by atoms with E-state index in [1.54, 1.807) is 7.05 Å². The van der Waals surface area contributed by atoms with Crippen LogP contribution in [0.2, 0.25) is 0 Å². The Morgan fingerprint density at radius 1 is 1.15 bits per heavy atom. The first kappa shape index (κ1) is 18.0. The van der Waals surface area contributed by atoms with Gasteiger partial charge in [0.25, 0.3) is 0 Å². The summed E-state index contributed by atoms with van der Waals surface area (Å²) in [5.41, 5.74) is 1.18. The zero-order valence-electron chi connectivity index (χ0n) is 15.4. The van der Waals surface area contributed by atoms with E-state index in [0.29, 0.717) is 25.6 Å². The number of nitrogens with one attached hydrogen (secondary N) is 2. The lowest BCUT2D eigenvalue weighted by molar-refractivity contribution is 0.174. The molecule has 0 spiro atoms. The fraction of sp³-hybridized carbons (Fsp3) is 0.500. The number of rotatable bonds is 7. The number of benzene rings is 1. The quantitative estimate of drug-likeness (QED) is 0.576. The summed E-state index contributed by atoms with van der Waals surface area (Å²) in [7, 11) is 1.75. The molecule has 2 N–H and O–H groups in total. The van der Waals surface area contributed by atoms with Crippen LogP contribution in [0, 0.1) is 0 Å². The topological polar surface area (TPSA) is 93.8 Å². The van der Waals surface area contributed by atoms with Gasteiger partial charge in [0.15, 0.2) is 23.3 Å². The Labute approximate surface area is 153 Å². The van der Waals surface area contributed by atoms with Crippen molar-refractivity contribution < 1.29 is 14.0 Å². The molecule has 8 nitrogen and oxygen atoms in total. The average Bonchev–Trinajstić information content (AvgIpc) is 3.29. The zero-order valence-corrected chi connectivity index (χ0v) is 15.4. The van der Waals surface area contributed by atoms with Gasteiger partial charge in [-0.2, -0.15) is 4.98 Å². The largest absolute Gasteiger partial charge is 0.454 e. The van der Waals surface area contributed by atoms with Gasteiger partial charge in [-0.3, -0.25) is 4.99 Å². The van der Waals surface area contributed by atoms with Crippen molar-refractivity contribution in [3.8, 4) is 11.5 Å². The molecule has 0 saturated heterocycles. The summed E-state index contributed by atoms with van der Waals surface area (Å²) >= 11 is 0. The van der Waals surface area contributed by atoms with Gasteiger partial charge >= 0.3 is 0 Å². The highest BCUT2D eigenvalue weighted by molar-refractivity contribution is 5.79. The van der Waals surface area contributed by atoms with Crippen LogP contribution < -0.4 is 20.1 Å². The maximum Gasteiger partial charge on any atom is 0.231 e. The second-order valence-electron chi connectivity index (χ2n) is 6.31. The summed E-state index contributed by atoms with van der Waals surface area (Å²) < 4.78 is 16.0. The van der Waals surface area contributed by atoms with Crippen LogP contribution in [0.3, 0.4) is 0 Å². The molecule has 3 rings (SSSR count). The first-order valence-electron chi connectivity index (χ1n) is 8.81. The summed E-state index contributed by atoms with van der Waals surface area (Å²) in [5, 5.41) is 10.5. The van der Waals surface area contributed by atoms with Gasteiger partial charge in [0.1, 0.15) is 0 Å². The normalized spacial score (nSPS) is 13.3. The Hall–Kier alpha value is -2.77. The van der Waals surface area contributed by atoms with Gasteiger partial charge in [0.05, 0.1) is 0 Å². The number of nitrogens with zero attached hydrogens (tertiary/aromatic N) is 3. The molecule has 26 heavy (non-hydrogen) atoms. The van der Waals surface area contributed by atoms with Gasteiger partial charge in [-0.15, -0.1) is 0 Å². The van der Waals surface area contributed by atoms with Crippen LogP contribution in [-0.2, 0) is 12.8 Å². The number of hydrogen-bond acceptors (Lipinski definition) is 6. The number of ether oxygens (including phenoxy) is 2. The lowest BCUT2D eigenvalue weighted by Gasteiger charge is -2.11. The van der Waals surface area contributed by atoms with Crippen LogP contribution in [0.5, 0.6) is 11.5 Å². The molecule has 140 valence electrons. The Kier molecular flexibility index (Phi) is 5.93. The van der Waals surface area contributed by atoms with Gasteiger partial charge in [0, 0.05) is 32.5 Å². The van der Waals surface area contributed by atoms with Crippen LogP contribution in [0.1, 0.15) is 37.0 Å². The predicted molar refractivity (Wildman–Crippen MR) is 97.7 cm³/mol. The Morgan fingerprint density at radius 2 is 1.92 bits per heavy atom. The van der Waals surface area contributed by atoms with Crippen LogP contribution in [-0.4, -0.2) is 43.0 Å². The van der Waals surface area contributed by atoms with E-state index in [-0.39, 0.29) is 5.92 Å². The van der Waals surface area contributed by atoms with Crippen molar-refractivity contribution in [3.63, 3.8) is 0 Å². The number of fused-ring (bicyclic) bond motifs is 1. The van der Waals surface area contributed by atoms with Gasteiger partial charge in [-0.25, -0.2) is 0 Å². The van der Waals surface area contributed by atoms with Crippen LogP contribution in [0.25, 0.3) is 0 Å². The van der Waals surface area contributed by atoms with Crippen molar-refractivity contribution in [2.75, 3.05) is 26.9 Å². The molecular formula is C18H25N5O3. The molecule has 1 aliphatic rings. The number of guanidine groups is 1. The summed E-state index contributed by atoms with van der Waals surface area (Å²) in [6.45, 7) is 5.81. The highest BCUT2D eigenvalue weighted by atomic mass is 16.7. The minimum atomic E-state index is 0.270. The molecule has 2 aromatic rings. The maximum absolute atomic E-state index is 5.40. The third-order valence-electron chi connectivity index (χ3n) is 4.00. The molecule has 0 amide bonds. The second-order valence-corrected chi connectivity index (χ2v) is 6.31. The fourth-order valence-electron chi connectivity index (χ4n) is 2.53. The van der Waals surface area contributed by atoms with Crippen molar-refractivity contribution in [1.82, 2.24) is 20.8 Å². The van der Waals surface area contributed by atoms with Crippen LogP contribution >= 0.6 is 0 Å². The molecule has 0 unspecified atom stereocenters. The minimum Gasteiger partial charge on any atom is -0.454 e. The third-order valence-corrected chi connectivity index (χ3v) is 4.00. The summed E-state index contributed by atoms with van der Waals surface area (Å²) in [6.07, 6.45) is 1.52. The van der Waals surface area contributed by atoms with E-state index >= 15 is 0 Å². The van der Waals surface area contributed by atoms with Crippen LogP contribution in [0.4, 0.5) is 0 Å². The minimum absolute atomic E-state index is 0.270. The predicted octanol–water partition coefficient (Wildman–Crippen LogP) is 1.87. The molecule has 0 radical (unpaired) electrons. The lowest BCUT2D eigenvalue weighted by Crippen LogP contribution is -2.39. The first-order chi connectivity index (χ1) is 12.7. The molecule has 0 fully saturated rings. The van der Waals surface area contributed by atoms with Gasteiger partial charge < -0.3 is 24.6 Å². The lowest BCUT2D eigenvalue weighted by atomic mass is 10.1. The number of hydrogen-bond donors (Lipinski definition) is 2. The monoisotopic (exact) mass is 359 g/mol. The molecular weight excluding hydrogens is 334 g/mol. The molecule has 0 aliphatic carbocycles. The molecule has 1 aromatic carbocycles. The fourth-order valence-corrected chi connectivity index (χ4v) is 2.53. The van der Waals surface area contributed by atoms with Crippen LogP contribution in [0.15, 0.2) is 27.7 Å². The standard InChI is InChI=1S/C18H25N5O3/c1-12(2)17-22-16(26-23-17)7-9-21-18(19-3)20-8-6-13-4-5-14-15(10-13)25-11-24-14/h4-5,10,12H,6-9,11H2,1-3H3,(H2,19,20,21). The van der Waals surface area contributed by atoms with E-state index in [9.17, 15) is 0 Å². The Morgan fingerprint density at radius 3 is 2.65 bits per heavy atom. The van der Waals surface area contributed by atoms with E-state index in [4.69, 9.17) is 14.0 Å². The molecule has 8 heteroatoms. The van der Waals surface area contributed by atoms with Crippen molar-refractivity contribution in [1.29, 1.82) is 0 Å². The summed E-state index contributed by atoms with van der Waals surface area (Å²) in [6, 6.07) is 6.01. The van der Waals surface area contributed by atoms with E-state index in [0.717, 1.165) is 36.2 Å². The summed E-state index contributed by atoms with van der Waals surface area (Å²) in [5.74, 6) is 4.01. The summed E-state index contributed by atoms with van der Waals surface area (Å²) in [4.78, 5) is 8.59. The number of aromatic nitrogens is 2. The molecule has 0 bridgehead atoms. The van der Waals surface area contributed by atoms with Crippen molar-refractivity contribution >= 4 is 5.96 Å². The van der Waals surface area contributed by atoms with Crippen molar-refractivity contribution in [2.24, 2.45) is 4.99 Å². The zero-order chi connectivity index (χ0) is 18.4. The molecule has 1 aromatic heterocycles. The molecule has 0 atom stereocenters. The second kappa shape index (κ2) is 8.55. The Balaban J connectivity index is 1.39. The van der Waals surface area contributed by atoms with E-state index in [1.807, 2.05) is 32.0 Å². The first-order valence-corrected chi connectivity index (χ1v) is 8.81. The molecule has 1 aliphatic heterocycles. The average molecular weight is 359 g/mol. The smallest absolute Gasteiger partial charge is 0.231 e. The Bertz CT molecular complexity index is 757. The van der Waals surface area contributed by atoms with Gasteiger partial charge in [0.2, 0.25) is 12.7 Å². The van der Waals surface area contributed by atoms with Crippen molar-refractivity contribution in [3.05, 3.63) is 35.5 Å². The van der Waals surface area contributed by atoms with Gasteiger partial charge in [-0.05, 0) is 24.1 Å². The maximum atomic E-state index is 5.40. The molecule has 2 heterocycles. The van der Waals surface area contributed by atoms with Gasteiger partial charge in [-0.1, -0.05) is 25.1 Å². The van der Waals surface area contributed by atoms with E-state index < -0.39 is 0 Å². The van der Waals surface area contributed by atoms with Crippen molar-refractivity contribution in [2.45, 2.75) is 32.6 Å². The van der Waals surface area contributed by atoms with E-state index in [1.165, 1.54) is 5.56 Å². The third kappa shape index (κ3) is 4.65. The van der Waals surface area contributed by atoms with E-state index in [2.05, 4.69) is 25.8 Å². The number of aliphatic imine (C=N–C) groups is 1. The highest BCUT2D eigenvalue weighted by Crippen LogP contribution is 2.32. The molecule has 0 saturated carbocycles.